The molecule has 1 atom stereocenters. The summed E-state index contributed by atoms with van der Waals surface area (Å²) in [5.41, 5.74) is 1.40. The number of halogens is 1. The normalized spacial score (nSPS) is 17.1. The number of nitrogens with zero attached hydrogens (tertiary/aromatic N) is 2. The molecule has 9 heteroatoms. The topological polar surface area (TPSA) is 79.0 Å². The van der Waals surface area contributed by atoms with Crippen molar-refractivity contribution in [2.24, 2.45) is 5.92 Å². The van der Waals surface area contributed by atoms with Crippen molar-refractivity contribution in [1.82, 2.24) is 4.31 Å². The van der Waals surface area contributed by atoms with Gasteiger partial charge in [0.25, 0.3) is 0 Å². The highest BCUT2D eigenvalue weighted by molar-refractivity contribution is 7.90. The van der Waals surface area contributed by atoms with Crippen LogP contribution in [0, 0.1) is 18.7 Å². The number of rotatable bonds is 8. The molecule has 2 aromatic carbocycles. The Balaban J connectivity index is 1.72. The maximum Gasteiger partial charge on any atom is 0.304 e. The van der Waals surface area contributed by atoms with E-state index >= 15 is 0 Å². The first-order valence-electron chi connectivity index (χ1n) is 10.8. The SMILES string of the molecule is CCOc1ccc(N(CC)S(=O)(=O)N2CCC[C@@H](C(=O)Nc3ccc(C)c(F)c3)C2)cc1. The van der Waals surface area contributed by atoms with Crippen molar-refractivity contribution < 1.29 is 22.3 Å². The molecule has 0 aliphatic carbocycles. The fourth-order valence-electron chi connectivity index (χ4n) is 3.77. The molecule has 174 valence electrons. The summed E-state index contributed by atoms with van der Waals surface area (Å²) in [6.45, 7) is 6.51. The molecule has 1 aliphatic heterocycles. The Hall–Kier alpha value is -2.65. The molecule has 0 unspecified atom stereocenters. The smallest absolute Gasteiger partial charge is 0.304 e. The lowest BCUT2D eigenvalue weighted by atomic mass is 9.98. The van der Waals surface area contributed by atoms with Gasteiger partial charge in [-0.15, -0.1) is 0 Å². The lowest BCUT2D eigenvalue weighted by Gasteiger charge is -2.35. The number of nitrogens with one attached hydrogen (secondary N) is 1. The molecule has 0 saturated carbocycles. The molecule has 32 heavy (non-hydrogen) atoms. The van der Waals surface area contributed by atoms with E-state index < -0.39 is 21.9 Å². The second-order valence-corrected chi connectivity index (χ2v) is 9.60. The number of carbonyl (C=O) groups excluding carboxylic acids is 1. The molecule has 1 amide bonds. The molecule has 1 heterocycles. The molecular formula is C23H30FN3O4S. The van der Waals surface area contributed by atoms with Gasteiger partial charge in [-0.2, -0.15) is 12.7 Å². The zero-order chi connectivity index (χ0) is 23.3. The Kier molecular flexibility index (Phi) is 7.73. The number of hydrogen-bond donors (Lipinski definition) is 1. The van der Waals surface area contributed by atoms with E-state index in [4.69, 9.17) is 4.74 Å². The third-order valence-corrected chi connectivity index (χ3v) is 7.53. The Morgan fingerprint density at radius 3 is 2.56 bits per heavy atom. The summed E-state index contributed by atoms with van der Waals surface area (Å²) >= 11 is 0. The summed E-state index contributed by atoms with van der Waals surface area (Å²) in [4.78, 5) is 12.8. The van der Waals surface area contributed by atoms with E-state index in [1.807, 2.05) is 6.92 Å². The number of aryl methyl sites for hydroxylation is 1. The van der Waals surface area contributed by atoms with Gasteiger partial charge in [0.05, 0.1) is 18.2 Å². The van der Waals surface area contributed by atoms with Gasteiger partial charge in [-0.25, -0.2) is 4.39 Å². The molecule has 3 rings (SSSR count). The van der Waals surface area contributed by atoms with Crippen LogP contribution in [0.3, 0.4) is 0 Å². The van der Waals surface area contributed by atoms with Gasteiger partial charge in [-0.05, 0) is 75.6 Å². The van der Waals surface area contributed by atoms with Crippen LogP contribution in [0.2, 0.25) is 0 Å². The van der Waals surface area contributed by atoms with E-state index in [0.29, 0.717) is 48.7 Å². The Labute approximate surface area is 189 Å². The minimum atomic E-state index is -3.82. The van der Waals surface area contributed by atoms with Crippen molar-refractivity contribution in [3.8, 4) is 5.75 Å². The molecule has 0 bridgehead atoms. The zero-order valence-corrected chi connectivity index (χ0v) is 19.5. The summed E-state index contributed by atoms with van der Waals surface area (Å²) in [7, 11) is -3.82. The standard InChI is InChI=1S/C23H30FN3O4S/c1-4-27(20-10-12-21(13-11-20)31-5-2)32(29,30)26-14-6-7-18(16-26)23(28)25-19-9-8-17(3)22(24)15-19/h8-13,15,18H,4-7,14,16H2,1-3H3,(H,25,28)/t18-/m1/s1. The number of hydrogen-bond acceptors (Lipinski definition) is 4. The van der Waals surface area contributed by atoms with Crippen LogP contribution < -0.4 is 14.4 Å². The van der Waals surface area contributed by atoms with Crippen LogP contribution in [0.4, 0.5) is 15.8 Å². The van der Waals surface area contributed by atoms with Gasteiger partial charge >= 0.3 is 10.2 Å². The molecule has 1 fully saturated rings. The first kappa shape index (κ1) is 24.0. The molecule has 7 nitrogen and oxygen atoms in total. The van der Waals surface area contributed by atoms with Crippen molar-refractivity contribution >= 4 is 27.5 Å². The zero-order valence-electron chi connectivity index (χ0n) is 18.7. The maximum absolute atomic E-state index is 13.8. The second-order valence-electron chi connectivity index (χ2n) is 7.75. The maximum atomic E-state index is 13.8. The molecule has 0 aromatic heterocycles. The Morgan fingerprint density at radius 1 is 1.22 bits per heavy atom. The average Bonchev–Trinajstić information content (AvgIpc) is 2.78. The van der Waals surface area contributed by atoms with Crippen LogP contribution in [0.1, 0.15) is 32.3 Å². The number of amides is 1. The molecule has 1 aliphatic rings. The van der Waals surface area contributed by atoms with E-state index in [1.165, 1.54) is 14.7 Å². The van der Waals surface area contributed by atoms with Crippen LogP contribution in [-0.2, 0) is 15.0 Å². The monoisotopic (exact) mass is 463 g/mol. The van der Waals surface area contributed by atoms with E-state index in [1.54, 1.807) is 50.2 Å². The Bertz CT molecular complexity index is 1040. The lowest BCUT2D eigenvalue weighted by Crippen LogP contribution is -2.50. The molecule has 1 N–H and O–H groups in total. The van der Waals surface area contributed by atoms with Crippen LogP contribution in [0.25, 0.3) is 0 Å². The third-order valence-electron chi connectivity index (χ3n) is 5.52. The molecule has 0 radical (unpaired) electrons. The third kappa shape index (κ3) is 5.39. The number of benzene rings is 2. The van der Waals surface area contributed by atoms with Crippen LogP contribution >= 0.6 is 0 Å². The minimum Gasteiger partial charge on any atom is -0.494 e. The molecule has 1 saturated heterocycles. The van der Waals surface area contributed by atoms with Crippen LogP contribution in [-0.4, -0.2) is 44.9 Å². The van der Waals surface area contributed by atoms with Gasteiger partial charge in [-0.1, -0.05) is 6.07 Å². The summed E-state index contributed by atoms with van der Waals surface area (Å²) in [5, 5.41) is 2.72. The molecular weight excluding hydrogens is 433 g/mol. The largest absolute Gasteiger partial charge is 0.494 e. The molecule has 0 spiro atoms. The van der Waals surface area contributed by atoms with Crippen molar-refractivity contribution in [2.75, 3.05) is 35.9 Å². The number of piperidine rings is 1. The van der Waals surface area contributed by atoms with Crippen molar-refractivity contribution in [1.29, 1.82) is 0 Å². The predicted molar refractivity (Wildman–Crippen MR) is 124 cm³/mol. The van der Waals surface area contributed by atoms with Crippen LogP contribution in [0.15, 0.2) is 42.5 Å². The number of carbonyl (C=O) groups is 1. The number of ether oxygens (including phenoxy) is 1. The van der Waals surface area contributed by atoms with Gasteiger partial charge in [-0.3, -0.25) is 9.10 Å². The van der Waals surface area contributed by atoms with Gasteiger partial charge in [0, 0.05) is 25.3 Å². The van der Waals surface area contributed by atoms with Crippen LogP contribution in [0.5, 0.6) is 5.75 Å². The average molecular weight is 464 g/mol. The van der Waals surface area contributed by atoms with Gasteiger partial charge in [0.15, 0.2) is 0 Å². The van der Waals surface area contributed by atoms with Gasteiger partial charge < -0.3 is 10.1 Å². The quantitative estimate of drug-likeness (QED) is 0.643. The summed E-state index contributed by atoms with van der Waals surface area (Å²) < 4.78 is 48.7. The minimum absolute atomic E-state index is 0.0794. The second kappa shape index (κ2) is 10.3. The number of anilines is 2. The molecule has 2 aromatic rings. The van der Waals surface area contributed by atoms with Crippen molar-refractivity contribution in [2.45, 2.75) is 33.6 Å². The van der Waals surface area contributed by atoms with E-state index in [0.717, 1.165) is 0 Å². The van der Waals surface area contributed by atoms with Gasteiger partial charge in [0.2, 0.25) is 5.91 Å². The first-order valence-corrected chi connectivity index (χ1v) is 12.2. The van der Waals surface area contributed by atoms with Crippen molar-refractivity contribution in [3.05, 3.63) is 53.8 Å². The van der Waals surface area contributed by atoms with E-state index in [-0.39, 0.29) is 19.0 Å². The first-order chi connectivity index (χ1) is 15.3. The van der Waals surface area contributed by atoms with Crippen molar-refractivity contribution in [3.63, 3.8) is 0 Å². The Morgan fingerprint density at radius 2 is 1.94 bits per heavy atom. The fraction of sp³-hybridized carbons (Fsp3) is 0.435. The summed E-state index contributed by atoms with van der Waals surface area (Å²) in [6.07, 6.45) is 1.14. The summed E-state index contributed by atoms with van der Waals surface area (Å²) in [6, 6.07) is 11.4. The highest BCUT2D eigenvalue weighted by Crippen LogP contribution is 2.27. The van der Waals surface area contributed by atoms with E-state index in [9.17, 15) is 17.6 Å². The fourth-order valence-corrected chi connectivity index (χ4v) is 5.50. The highest BCUT2D eigenvalue weighted by atomic mass is 32.2. The lowest BCUT2D eigenvalue weighted by molar-refractivity contribution is -0.120. The highest BCUT2D eigenvalue weighted by Gasteiger charge is 2.35. The van der Waals surface area contributed by atoms with E-state index in [2.05, 4.69) is 5.32 Å². The van der Waals surface area contributed by atoms with Gasteiger partial charge in [0.1, 0.15) is 11.6 Å². The summed E-state index contributed by atoms with van der Waals surface area (Å²) in [5.74, 6) is -0.546. The predicted octanol–water partition coefficient (Wildman–Crippen LogP) is 3.95.